The highest BCUT2D eigenvalue weighted by atomic mass is 16.5. The number of amides is 3. The van der Waals surface area contributed by atoms with Crippen LogP contribution in [0.4, 0.5) is 4.79 Å². The molecule has 1 fully saturated rings. The van der Waals surface area contributed by atoms with Crippen LogP contribution in [0.5, 0.6) is 5.75 Å². The first-order valence-electron chi connectivity index (χ1n) is 8.77. The van der Waals surface area contributed by atoms with Crippen molar-refractivity contribution in [3.8, 4) is 5.75 Å². The van der Waals surface area contributed by atoms with Crippen LogP contribution in [0.15, 0.2) is 24.3 Å². The number of urea groups is 1. The third-order valence-electron chi connectivity index (χ3n) is 4.23. The van der Waals surface area contributed by atoms with Gasteiger partial charge in [0, 0.05) is 25.7 Å². The normalized spacial score (nSPS) is 15.6. The zero-order valence-corrected chi connectivity index (χ0v) is 15.6. The van der Waals surface area contributed by atoms with Crippen LogP contribution in [0.25, 0.3) is 0 Å². The summed E-state index contributed by atoms with van der Waals surface area (Å²) in [6.45, 7) is 8.12. The Morgan fingerprint density at radius 1 is 1.20 bits per heavy atom. The number of ether oxygens (including phenoxy) is 1. The molecule has 2 rings (SSSR count). The number of carbonyl (C=O) groups excluding carboxylic acids is 2. The van der Waals surface area contributed by atoms with Gasteiger partial charge in [-0.2, -0.15) is 0 Å². The number of nitrogens with one attached hydrogen (secondary N) is 2. The number of likely N-dealkylation sites (tertiary alicyclic amines) is 1. The zero-order valence-electron chi connectivity index (χ0n) is 15.6. The second kappa shape index (κ2) is 8.23. The van der Waals surface area contributed by atoms with Gasteiger partial charge in [0.2, 0.25) is 0 Å². The van der Waals surface area contributed by atoms with Crippen molar-refractivity contribution >= 4 is 11.9 Å². The molecule has 0 spiro atoms. The van der Waals surface area contributed by atoms with E-state index in [0.717, 1.165) is 12.8 Å². The number of para-hydroxylation sites is 1. The molecule has 3 amide bonds. The van der Waals surface area contributed by atoms with Gasteiger partial charge in [0.05, 0.1) is 12.7 Å². The van der Waals surface area contributed by atoms with E-state index < -0.39 is 0 Å². The third kappa shape index (κ3) is 5.66. The van der Waals surface area contributed by atoms with Gasteiger partial charge in [-0.1, -0.05) is 32.9 Å². The molecule has 1 saturated heterocycles. The summed E-state index contributed by atoms with van der Waals surface area (Å²) in [4.78, 5) is 26.4. The van der Waals surface area contributed by atoms with E-state index in [4.69, 9.17) is 4.74 Å². The molecule has 138 valence electrons. The molecule has 1 aromatic carbocycles. The van der Waals surface area contributed by atoms with Crippen molar-refractivity contribution in [1.29, 1.82) is 0 Å². The summed E-state index contributed by atoms with van der Waals surface area (Å²) in [6.07, 6.45) is 1.51. The summed E-state index contributed by atoms with van der Waals surface area (Å²) in [5.41, 5.74) is 0.640. The SMILES string of the molecule is COc1ccccc1C(=O)N1CCC(NC(=O)NCC(C)(C)C)CC1. The van der Waals surface area contributed by atoms with E-state index in [-0.39, 0.29) is 23.4 Å². The Morgan fingerprint density at radius 3 is 2.44 bits per heavy atom. The molecule has 0 aromatic heterocycles. The van der Waals surface area contributed by atoms with Crippen LogP contribution in [0.1, 0.15) is 44.0 Å². The summed E-state index contributed by atoms with van der Waals surface area (Å²) in [5.74, 6) is 0.572. The lowest BCUT2D eigenvalue weighted by Crippen LogP contribution is -2.50. The molecule has 0 bridgehead atoms. The van der Waals surface area contributed by atoms with Crippen molar-refractivity contribution in [3.63, 3.8) is 0 Å². The number of hydrogen-bond donors (Lipinski definition) is 2. The van der Waals surface area contributed by atoms with Crippen LogP contribution in [0.3, 0.4) is 0 Å². The number of methoxy groups -OCH3 is 1. The topological polar surface area (TPSA) is 70.7 Å². The summed E-state index contributed by atoms with van der Waals surface area (Å²) in [7, 11) is 1.57. The molecular weight excluding hydrogens is 318 g/mol. The fourth-order valence-electron chi connectivity index (χ4n) is 2.80. The van der Waals surface area contributed by atoms with Crippen LogP contribution < -0.4 is 15.4 Å². The fourth-order valence-corrected chi connectivity index (χ4v) is 2.80. The molecule has 1 aromatic rings. The average Bonchev–Trinajstić information content (AvgIpc) is 2.59. The molecule has 2 N–H and O–H groups in total. The van der Waals surface area contributed by atoms with E-state index in [1.54, 1.807) is 19.2 Å². The Balaban J connectivity index is 1.83. The summed E-state index contributed by atoms with van der Waals surface area (Å²) < 4.78 is 5.27. The maximum Gasteiger partial charge on any atom is 0.315 e. The Bertz CT molecular complexity index is 602. The lowest BCUT2D eigenvalue weighted by Gasteiger charge is -2.33. The highest BCUT2D eigenvalue weighted by Crippen LogP contribution is 2.21. The first-order valence-corrected chi connectivity index (χ1v) is 8.77. The molecule has 1 aliphatic rings. The molecule has 0 unspecified atom stereocenters. The van der Waals surface area contributed by atoms with Gasteiger partial charge in [-0.25, -0.2) is 4.79 Å². The van der Waals surface area contributed by atoms with Crippen LogP contribution in [-0.4, -0.2) is 49.6 Å². The van der Waals surface area contributed by atoms with Gasteiger partial charge < -0.3 is 20.3 Å². The Kier molecular flexibility index (Phi) is 6.28. The summed E-state index contributed by atoms with van der Waals surface area (Å²) >= 11 is 0. The molecule has 1 aliphatic heterocycles. The predicted octanol–water partition coefficient (Wildman–Crippen LogP) is 2.65. The zero-order chi connectivity index (χ0) is 18.4. The van der Waals surface area contributed by atoms with Crippen molar-refractivity contribution in [1.82, 2.24) is 15.5 Å². The minimum atomic E-state index is -0.135. The quantitative estimate of drug-likeness (QED) is 0.880. The predicted molar refractivity (Wildman–Crippen MR) is 97.9 cm³/mol. The standard InChI is InChI=1S/C19H29N3O3/c1-19(2,3)13-20-18(24)21-14-9-11-22(12-10-14)17(23)15-7-5-6-8-16(15)25-4/h5-8,14H,9-13H2,1-4H3,(H2,20,21,24). The van der Waals surface area contributed by atoms with Crippen molar-refractivity contribution < 1.29 is 14.3 Å². The number of carbonyl (C=O) groups is 2. The van der Waals surface area contributed by atoms with E-state index in [1.807, 2.05) is 17.0 Å². The van der Waals surface area contributed by atoms with Gasteiger partial charge in [0.25, 0.3) is 5.91 Å². The van der Waals surface area contributed by atoms with Gasteiger partial charge in [-0.15, -0.1) is 0 Å². The van der Waals surface area contributed by atoms with Crippen molar-refractivity contribution in [2.45, 2.75) is 39.7 Å². The molecule has 0 saturated carbocycles. The summed E-state index contributed by atoms with van der Waals surface area (Å²) in [6, 6.07) is 7.23. The van der Waals surface area contributed by atoms with Crippen LogP contribution >= 0.6 is 0 Å². The second-order valence-corrected chi connectivity index (χ2v) is 7.65. The smallest absolute Gasteiger partial charge is 0.315 e. The maximum absolute atomic E-state index is 12.7. The minimum Gasteiger partial charge on any atom is -0.496 e. The van der Waals surface area contributed by atoms with E-state index in [0.29, 0.717) is 30.9 Å². The first kappa shape index (κ1) is 19.1. The van der Waals surface area contributed by atoms with Gasteiger partial charge in [-0.3, -0.25) is 4.79 Å². The molecule has 6 nitrogen and oxygen atoms in total. The lowest BCUT2D eigenvalue weighted by atomic mass is 9.97. The third-order valence-corrected chi connectivity index (χ3v) is 4.23. The highest BCUT2D eigenvalue weighted by Gasteiger charge is 2.26. The average molecular weight is 347 g/mol. The Morgan fingerprint density at radius 2 is 1.84 bits per heavy atom. The van der Waals surface area contributed by atoms with Crippen molar-refractivity contribution in [3.05, 3.63) is 29.8 Å². The Hall–Kier alpha value is -2.24. The molecular formula is C19H29N3O3. The Labute approximate surface area is 149 Å². The van der Waals surface area contributed by atoms with Crippen molar-refractivity contribution in [2.75, 3.05) is 26.7 Å². The monoisotopic (exact) mass is 347 g/mol. The highest BCUT2D eigenvalue weighted by molar-refractivity contribution is 5.97. The molecule has 1 heterocycles. The van der Waals surface area contributed by atoms with Gasteiger partial charge in [0.15, 0.2) is 0 Å². The van der Waals surface area contributed by atoms with E-state index >= 15 is 0 Å². The number of rotatable bonds is 4. The molecule has 0 aliphatic carbocycles. The minimum absolute atomic E-state index is 0.0203. The van der Waals surface area contributed by atoms with Gasteiger partial charge in [-0.05, 0) is 30.4 Å². The first-order chi connectivity index (χ1) is 11.8. The number of piperidine rings is 1. The van der Waals surface area contributed by atoms with E-state index in [1.165, 1.54) is 0 Å². The molecule has 0 radical (unpaired) electrons. The largest absolute Gasteiger partial charge is 0.496 e. The van der Waals surface area contributed by atoms with Crippen LogP contribution in [0, 0.1) is 5.41 Å². The molecule has 25 heavy (non-hydrogen) atoms. The number of nitrogens with zero attached hydrogens (tertiary/aromatic N) is 1. The number of benzene rings is 1. The maximum atomic E-state index is 12.7. The van der Waals surface area contributed by atoms with Gasteiger partial charge >= 0.3 is 6.03 Å². The second-order valence-electron chi connectivity index (χ2n) is 7.65. The van der Waals surface area contributed by atoms with E-state index in [2.05, 4.69) is 31.4 Å². The van der Waals surface area contributed by atoms with Crippen molar-refractivity contribution in [2.24, 2.45) is 5.41 Å². The van der Waals surface area contributed by atoms with Crippen LogP contribution in [-0.2, 0) is 0 Å². The van der Waals surface area contributed by atoms with Crippen LogP contribution in [0.2, 0.25) is 0 Å². The molecule has 0 atom stereocenters. The number of hydrogen-bond acceptors (Lipinski definition) is 3. The van der Waals surface area contributed by atoms with Gasteiger partial charge in [0.1, 0.15) is 5.75 Å². The summed E-state index contributed by atoms with van der Waals surface area (Å²) in [5, 5.41) is 5.90. The lowest BCUT2D eigenvalue weighted by molar-refractivity contribution is 0.0705. The fraction of sp³-hybridized carbons (Fsp3) is 0.579. The van der Waals surface area contributed by atoms with E-state index in [9.17, 15) is 9.59 Å². The molecule has 6 heteroatoms.